The number of rotatable bonds is 6. The highest BCUT2D eigenvalue weighted by atomic mass is 16.5. The van der Waals surface area contributed by atoms with E-state index in [1.807, 2.05) is 76.2 Å². The van der Waals surface area contributed by atoms with Gasteiger partial charge in [0.25, 0.3) is 0 Å². The molecule has 0 unspecified atom stereocenters. The average Bonchev–Trinajstić information content (AvgIpc) is 2.84. The van der Waals surface area contributed by atoms with Crippen molar-refractivity contribution in [2.24, 2.45) is 11.8 Å². The smallest absolute Gasteiger partial charge is 0.120 e. The van der Waals surface area contributed by atoms with Crippen LogP contribution in [0.4, 0.5) is 0 Å². The van der Waals surface area contributed by atoms with Crippen LogP contribution in [0, 0.1) is 11.8 Å². The third kappa shape index (κ3) is 7.50. The van der Waals surface area contributed by atoms with Gasteiger partial charge in [-0.1, -0.05) is 38.1 Å². The summed E-state index contributed by atoms with van der Waals surface area (Å²) < 4.78 is 11.5. The van der Waals surface area contributed by atoms with Crippen LogP contribution in [0.5, 0.6) is 11.5 Å². The van der Waals surface area contributed by atoms with Gasteiger partial charge in [0.05, 0.1) is 23.4 Å². The largest absolute Gasteiger partial charge is 0.491 e. The molecule has 0 saturated carbocycles. The highest BCUT2D eigenvalue weighted by Gasteiger charge is 2.40. The second-order valence-electron chi connectivity index (χ2n) is 12.1. The summed E-state index contributed by atoms with van der Waals surface area (Å²) in [6, 6.07) is 15.8. The van der Waals surface area contributed by atoms with Gasteiger partial charge in [0, 0.05) is 38.0 Å². The molecule has 0 spiro atoms. The van der Waals surface area contributed by atoms with Crippen molar-refractivity contribution in [3.8, 4) is 11.5 Å². The SMILES string of the molecule is CC(C)Oc1cccc([C@@]2(O)CCN(C)C[C@@H]2C)c1.CC(C)Oc1cccc([C@]2(O)CCN(C)C[C@@H]2C)c1. The van der Waals surface area contributed by atoms with Gasteiger partial charge < -0.3 is 29.5 Å². The van der Waals surface area contributed by atoms with Crippen molar-refractivity contribution in [2.75, 3.05) is 40.3 Å². The zero-order valence-corrected chi connectivity index (χ0v) is 24.8. The lowest BCUT2D eigenvalue weighted by molar-refractivity contribution is -0.0662. The van der Waals surface area contributed by atoms with Crippen LogP contribution in [0.15, 0.2) is 48.5 Å². The maximum atomic E-state index is 11.0. The first-order valence-electron chi connectivity index (χ1n) is 14.2. The van der Waals surface area contributed by atoms with Gasteiger partial charge in [0.1, 0.15) is 11.5 Å². The highest BCUT2D eigenvalue weighted by molar-refractivity contribution is 5.34. The Morgan fingerprint density at radius 2 is 1.08 bits per heavy atom. The second kappa shape index (κ2) is 12.8. The molecular formula is C32H50N2O4. The van der Waals surface area contributed by atoms with Crippen LogP contribution < -0.4 is 9.47 Å². The molecule has 2 aromatic carbocycles. The third-order valence-electron chi connectivity index (χ3n) is 7.96. The summed E-state index contributed by atoms with van der Waals surface area (Å²) in [7, 11) is 4.21. The molecule has 0 aliphatic carbocycles. The molecule has 212 valence electrons. The number of likely N-dealkylation sites (tertiary alicyclic amines) is 2. The standard InChI is InChI=1S/2C16H25NO2/c2*1-12(2)19-15-7-5-6-14(10-15)16(18)8-9-17(4)11-13(16)3/h2*5-7,10,12-13,18H,8-9,11H2,1-4H3/t13-,16+;13-,16-/m00/s1. The van der Waals surface area contributed by atoms with E-state index in [0.29, 0.717) is 0 Å². The van der Waals surface area contributed by atoms with E-state index in [1.54, 1.807) is 0 Å². The number of aliphatic hydroxyl groups is 2. The molecule has 0 bridgehead atoms. The first kappa shape index (κ1) is 30.4. The van der Waals surface area contributed by atoms with Crippen LogP contribution >= 0.6 is 0 Å². The van der Waals surface area contributed by atoms with E-state index in [2.05, 4.69) is 37.7 Å². The minimum atomic E-state index is -0.733. The zero-order chi connectivity index (χ0) is 28.1. The Balaban J connectivity index is 0.000000211. The molecular weight excluding hydrogens is 476 g/mol. The number of hydrogen-bond donors (Lipinski definition) is 2. The number of nitrogens with zero attached hydrogens (tertiary/aromatic N) is 2. The first-order valence-corrected chi connectivity index (χ1v) is 14.2. The quantitative estimate of drug-likeness (QED) is 0.535. The Hall–Kier alpha value is -2.12. The molecule has 2 heterocycles. The molecule has 2 N–H and O–H groups in total. The molecule has 0 aromatic heterocycles. The van der Waals surface area contributed by atoms with E-state index in [4.69, 9.17) is 9.47 Å². The second-order valence-corrected chi connectivity index (χ2v) is 12.1. The van der Waals surface area contributed by atoms with Crippen LogP contribution in [-0.4, -0.2) is 72.5 Å². The molecule has 2 aromatic rings. The van der Waals surface area contributed by atoms with E-state index >= 15 is 0 Å². The summed E-state index contributed by atoms with van der Waals surface area (Å²) in [5, 5.41) is 22.0. The van der Waals surface area contributed by atoms with Crippen LogP contribution in [0.1, 0.15) is 65.5 Å². The van der Waals surface area contributed by atoms with Gasteiger partial charge in [0.15, 0.2) is 0 Å². The molecule has 2 aliphatic heterocycles. The van der Waals surface area contributed by atoms with Crippen molar-refractivity contribution in [1.29, 1.82) is 0 Å². The summed E-state index contributed by atoms with van der Waals surface area (Å²) in [6.07, 6.45) is 1.85. The third-order valence-corrected chi connectivity index (χ3v) is 7.96. The minimum absolute atomic E-state index is 0.153. The van der Waals surface area contributed by atoms with E-state index < -0.39 is 11.2 Å². The van der Waals surface area contributed by atoms with Crippen molar-refractivity contribution in [3.63, 3.8) is 0 Å². The van der Waals surface area contributed by atoms with Gasteiger partial charge in [-0.2, -0.15) is 0 Å². The molecule has 0 radical (unpaired) electrons. The number of hydrogen-bond acceptors (Lipinski definition) is 6. The van der Waals surface area contributed by atoms with Gasteiger partial charge >= 0.3 is 0 Å². The van der Waals surface area contributed by atoms with Crippen molar-refractivity contribution in [2.45, 2.75) is 77.8 Å². The number of benzene rings is 2. The fourth-order valence-corrected chi connectivity index (χ4v) is 5.71. The summed E-state index contributed by atoms with van der Waals surface area (Å²) in [4.78, 5) is 4.54. The Morgan fingerprint density at radius 3 is 1.39 bits per heavy atom. The lowest BCUT2D eigenvalue weighted by Crippen LogP contribution is -2.47. The van der Waals surface area contributed by atoms with Gasteiger partial charge in [-0.25, -0.2) is 0 Å². The molecule has 6 heteroatoms. The van der Waals surface area contributed by atoms with Gasteiger partial charge in [0.2, 0.25) is 0 Å². The normalized spacial score (nSPS) is 28.6. The van der Waals surface area contributed by atoms with E-state index in [9.17, 15) is 10.2 Å². The van der Waals surface area contributed by atoms with Gasteiger partial charge in [-0.15, -0.1) is 0 Å². The number of ether oxygens (including phenoxy) is 2. The van der Waals surface area contributed by atoms with Gasteiger partial charge in [-0.05, 0) is 90.0 Å². The number of piperidine rings is 2. The summed E-state index contributed by atoms with van der Waals surface area (Å²) in [5.74, 6) is 2.13. The molecule has 2 fully saturated rings. The average molecular weight is 527 g/mol. The Kier molecular flexibility index (Phi) is 10.3. The predicted octanol–water partition coefficient (Wildman–Crippen LogP) is 5.27. The maximum absolute atomic E-state index is 11.0. The monoisotopic (exact) mass is 526 g/mol. The molecule has 2 saturated heterocycles. The van der Waals surface area contributed by atoms with Crippen molar-refractivity contribution in [3.05, 3.63) is 59.7 Å². The predicted molar refractivity (Wildman–Crippen MR) is 155 cm³/mol. The van der Waals surface area contributed by atoms with E-state index in [1.165, 1.54) is 0 Å². The van der Waals surface area contributed by atoms with E-state index in [-0.39, 0.29) is 24.0 Å². The molecule has 6 nitrogen and oxygen atoms in total. The first-order chi connectivity index (χ1) is 17.8. The zero-order valence-electron chi connectivity index (χ0n) is 24.8. The topological polar surface area (TPSA) is 65.4 Å². The highest BCUT2D eigenvalue weighted by Crippen LogP contribution is 2.39. The molecule has 4 rings (SSSR count). The Morgan fingerprint density at radius 1 is 0.711 bits per heavy atom. The van der Waals surface area contributed by atoms with Crippen molar-refractivity contribution >= 4 is 0 Å². The maximum Gasteiger partial charge on any atom is 0.120 e. The summed E-state index contributed by atoms with van der Waals surface area (Å²) >= 11 is 0. The van der Waals surface area contributed by atoms with Crippen molar-refractivity contribution < 1.29 is 19.7 Å². The lowest BCUT2D eigenvalue weighted by atomic mass is 9.77. The Labute approximate surface area is 230 Å². The van der Waals surface area contributed by atoms with Crippen LogP contribution in [0.25, 0.3) is 0 Å². The minimum Gasteiger partial charge on any atom is -0.491 e. The lowest BCUT2D eigenvalue weighted by Gasteiger charge is -2.42. The van der Waals surface area contributed by atoms with Crippen LogP contribution in [0.3, 0.4) is 0 Å². The summed E-state index contributed by atoms with van der Waals surface area (Å²) in [6.45, 7) is 16.0. The molecule has 4 atom stereocenters. The summed E-state index contributed by atoms with van der Waals surface area (Å²) in [5.41, 5.74) is 0.489. The molecule has 0 amide bonds. The Bertz CT molecular complexity index is 947. The van der Waals surface area contributed by atoms with Crippen LogP contribution in [-0.2, 0) is 11.2 Å². The van der Waals surface area contributed by atoms with Crippen LogP contribution in [0.2, 0.25) is 0 Å². The molecule has 2 aliphatic rings. The van der Waals surface area contributed by atoms with E-state index in [0.717, 1.165) is 61.6 Å². The van der Waals surface area contributed by atoms with Gasteiger partial charge in [-0.3, -0.25) is 0 Å². The fourth-order valence-electron chi connectivity index (χ4n) is 5.71. The van der Waals surface area contributed by atoms with Crippen molar-refractivity contribution in [1.82, 2.24) is 9.80 Å². The fraction of sp³-hybridized carbons (Fsp3) is 0.625. The molecule has 38 heavy (non-hydrogen) atoms.